The van der Waals surface area contributed by atoms with Crippen LogP contribution in [0.4, 0.5) is 0 Å². The molecule has 2 N–H and O–H groups in total. The minimum absolute atomic E-state index is 0.115. The number of amides is 1. The Kier molecular flexibility index (Phi) is 5.02. The van der Waals surface area contributed by atoms with E-state index in [1.807, 2.05) is 17.0 Å². The third-order valence-electron chi connectivity index (χ3n) is 5.20. The summed E-state index contributed by atoms with van der Waals surface area (Å²) in [6.45, 7) is 3.77. The fourth-order valence-electron chi connectivity index (χ4n) is 3.85. The van der Waals surface area contributed by atoms with Gasteiger partial charge in [0.05, 0.1) is 0 Å². The Balaban J connectivity index is 1.62. The molecular weight excluding hydrogens is 288 g/mol. The number of carbonyl (C=O) groups is 1. The second kappa shape index (κ2) is 7.02. The number of nitrogens with one attached hydrogen (secondary N) is 1. The maximum absolute atomic E-state index is 12.8. The number of aliphatic hydroxyl groups is 1. The first-order chi connectivity index (χ1) is 11.1. The average Bonchev–Trinajstić information content (AvgIpc) is 3.04. The van der Waals surface area contributed by atoms with Gasteiger partial charge in [0.15, 0.2) is 5.60 Å². The molecule has 126 valence electrons. The van der Waals surface area contributed by atoms with Crippen LogP contribution in [0.2, 0.25) is 0 Å². The summed E-state index contributed by atoms with van der Waals surface area (Å²) < 4.78 is 0. The van der Waals surface area contributed by atoms with Crippen molar-refractivity contribution in [3.05, 3.63) is 35.4 Å². The topological polar surface area (TPSA) is 52.6 Å². The summed E-state index contributed by atoms with van der Waals surface area (Å²) in [5.41, 5.74) is 1.10. The van der Waals surface area contributed by atoms with Crippen molar-refractivity contribution in [3.63, 3.8) is 0 Å². The van der Waals surface area contributed by atoms with Gasteiger partial charge >= 0.3 is 0 Å². The highest BCUT2D eigenvalue weighted by Gasteiger charge is 2.42. The van der Waals surface area contributed by atoms with Crippen molar-refractivity contribution in [2.45, 2.75) is 63.6 Å². The molecule has 0 bridgehead atoms. The Morgan fingerprint density at radius 2 is 2.09 bits per heavy atom. The minimum atomic E-state index is -1.23. The molecule has 0 aromatic heterocycles. The first-order valence-corrected chi connectivity index (χ1v) is 8.87. The number of benzene rings is 1. The van der Waals surface area contributed by atoms with E-state index in [0.717, 1.165) is 31.4 Å². The molecule has 2 fully saturated rings. The number of hydrogen-bond acceptors (Lipinski definition) is 3. The van der Waals surface area contributed by atoms with Crippen LogP contribution in [0.25, 0.3) is 0 Å². The van der Waals surface area contributed by atoms with Crippen molar-refractivity contribution in [2.75, 3.05) is 13.1 Å². The Morgan fingerprint density at radius 3 is 2.83 bits per heavy atom. The van der Waals surface area contributed by atoms with E-state index in [0.29, 0.717) is 25.6 Å². The largest absolute Gasteiger partial charge is 0.379 e. The molecular formula is C19H28N2O2. The number of piperidine rings is 1. The third kappa shape index (κ3) is 3.93. The van der Waals surface area contributed by atoms with Crippen LogP contribution in [0, 0.1) is 6.92 Å². The smallest absolute Gasteiger partial charge is 0.256 e. The maximum atomic E-state index is 12.8. The Morgan fingerprint density at radius 1 is 1.30 bits per heavy atom. The van der Waals surface area contributed by atoms with Gasteiger partial charge in [0.1, 0.15) is 0 Å². The van der Waals surface area contributed by atoms with Gasteiger partial charge in [0.2, 0.25) is 0 Å². The highest BCUT2D eigenvalue weighted by Crippen LogP contribution is 2.25. The molecule has 2 aliphatic rings. The van der Waals surface area contributed by atoms with E-state index in [-0.39, 0.29) is 5.91 Å². The molecule has 1 aliphatic heterocycles. The molecule has 1 saturated heterocycles. The van der Waals surface area contributed by atoms with E-state index < -0.39 is 5.60 Å². The summed E-state index contributed by atoms with van der Waals surface area (Å²) in [7, 11) is 0. The van der Waals surface area contributed by atoms with Crippen molar-refractivity contribution < 1.29 is 9.90 Å². The summed E-state index contributed by atoms with van der Waals surface area (Å²) in [6, 6.07) is 8.71. The summed E-state index contributed by atoms with van der Waals surface area (Å²) in [5, 5.41) is 14.3. The van der Waals surface area contributed by atoms with E-state index in [2.05, 4.69) is 24.4 Å². The molecule has 1 saturated carbocycles. The zero-order valence-electron chi connectivity index (χ0n) is 14.1. The third-order valence-corrected chi connectivity index (χ3v) is 5.20. The number of aryl methyl sites for hydroxylation is 1. The van der Waals surface area contributed by atoms with Crippen LogP contribution in [0.15, 0.2) is 24.3 Å². The molecule has 1 aromatic carbocycles. The van der Waals surface area contributed by atoms with Crippen LogP contribution in [0.1, 0.15) is 49.7 Å². The lowest BCUT2D eigenvalue weighted by molar-refractivity contribution is -0.157. The SMILES string of the molecule is Cc1cccc(CN2CCCC(O)(CNC3CCCC3)C2=O)c1. The zero-order valence-corrected chi connectivity index (χ0v) is 14.1. The van der Waals surface area contributed by atoms with E-state index in [1.165, 1.54) is 18.4 Å². The number of rotatable bonds is 5. The molecule has 23 heavy (non-hydrogen) atoms. The van der Waals surface area contributed by atoms with Crippen molar-refractivity contribution in [1.29, 1.82) is 0 Å². The summed E-state index contributed by atoms with van der Waals surface area (Å²) in [6.07, 6.45) is 6.26. The van der Waals surface area contributed by atoms with E-state index in [4.69, 9.17) is 0 Å². The van der Waals surface area contributed by atoms with Crippen molar-refractivity contribution >= 4 is 5.91 Å². The number of likely N-dealkylation sites (tertiary alicyclic amines) is 1. The van der Waals surface area contributed by atoms with Crippen LogP contribution in [-0.2, 0) is 11.3 Å². The van der Waals surface area contributed by atoms with Gasteiger partial charge in [-0.05, 0) is 38.2 Å². The second-order valence-electron chi connectivity index (χ2n) is 7.21. The van der Waals surface area contributed by atoms with Gasteiger partial charge in [-0.2, -0.15) is 0 Å². The Hall–Kier alpha value is -1.39. The van der Waals surface area contributed by atoms with E-state index in [1.54, 1.807) is 0 Å². The number of carbonyl (C=O) groups excluding carboxylic acids is 1. The van der Waals surface area contributed by atoms with Crippen LogP contribution in [-0.4, -0.2) is 40.6 Å². The molecule has 1 atom stereocenters. The maximum Gasteiger partial charge on any atom is 0.256 e. The molecule has 4 nitrogen and oxygen atoms in total. The van der Waals surface area contributed by atoms with E-state index >= 15 is 0 Å². The molecule has 1 amide bonds. The zero-order chi connectivity index (χ0) is 16.3. The van der Waals surface area contributed by atoms with Crippen LogP contribution >= 0.6 is 0 Å². The molecule has 1 aromatic rings. The molecule has 0 radical (unpaired) electrons. The van der Waals surface area contributed by atoms with Crippen molar-refractivity contribution in [1.82, 2.24) is 10.2 Å². The van der Waals surface area contributed by atoms with Gasteiger partial charge in [-0.3, -0.25) is 4.79 Å². The molecule has 4 heteroatoms. The average molecular weight is 316 g/mol. The molecule has 3 rings (SSSR count). The van der Waals surface area contributed by atoms with Gasteiger partial charge < -0.3 is 15.3 Å². The van der Waals surface area contributed by atoms with Gasteiger partial charge in [0.25, 0.3) is 5.91 Å². The monoisotopic (exact) mass is 316 g/mol. The Labute approximate surface area is 138 Å². The predicted octanol–water partition coefficient (Wildman–Crippen LogP) is 2.38. The number of nitrogens with zero attached hydrogens (tertiary/aromatic N) is 1. The van der Waals surface area contributed by atoms with Crippen LogP contribution in [0.3, 0.4) is 0 Å². The molecule has 0 spiro atoms. The molecule has 1 aliphatic carbocycles. The molecule has 1 heterocycles. The summed E-state index contributed by atoms with van der Waals surface area (Å²) in [4.78, 5) is 14.6. The van der Waals surface area contributed by atoms with Crippen molar-refractivity contribution in [3.8, 4) is 0 Å². The fourth-order valence-corrected chi connectivity index (χ4v) is 3.85. The Bertz CT molecular complexity index is 554. The first-order valence-electron chi connectivity index (χ1n) is 8.87. The highest BCUT2D eigenvalue weighted by molar-refractivity contribution is 5.86. The first kappa shape index (κ1) is 16.5. The second-order valence-corrected chi connectivity index (χ2v) is 7.21. The van der Waals surface area contributed by atoms with Gasteiger partial charge in [-0.15, -0.1) is 0 Å². The van der Waals surface area contributed by atoms with E-state index in [9.17, 15) is 9.90 Å². The summed E-state index contributed by atoms with van der Waals surface area (Å²) >= 11 is 0. The summed E-state index contributed by atoms with van der Waals surface area (Å²) in [5.74, 6) is -0.115. The van der Waals surface area contributed by atoms with Gasteiger partial charge in [-0.1, -0.05) is 42.7 Å². The van der Waals surface area contributed by atoms with Crippen LogP contribution in [0.5, 0.6) is 0 Å². The lowest BCUT2D eigenvalue weighted by atomic mass is 9.91. The standard InChI is InChI=1S/C19H28N2O2/c1-15-6-4-7-16(12-15)13-21-11-5-10-19(23,18(21)22)14-20-17-8-2-3-9-17/h4,6-7,12,17,20,23H,2-3,5,8-11,13-14H2,1H3. The number of hydrogen-bond donors (Lipinski definition) is 2. The predicted molar refractivity (Wildman–Crippen MR) is 91.0 cm³/mol. The normalized spacial score (nSPS) is 26.0. The highest BCUT2D eigenvalue weighted by atomic mass is 16.3. The lowest BCUT2D eigenvalue weighted by Crippen LogP contribution is -2.58. The van der Waals surface area contributed by atoms with Crippen molar-refractivity contribution in [2.24, 2.45) is 0 Å². The van der Waals surface area contributed by atoms with Gasteiger partial charge in [-0.25, -0.2) is 0 Å². The lowest BCUT2D eigenvalue weighted by Gasteiger charge is -2.39. The minimum Gasteiger partial charge on any atom is -0.379 e. The quantitative estimate of drug-likeness (QED) is 0.877. The fraction of sp³-hybridized carbons (Fsp3) is 0.632. The van der Waals surface area contributed by atoms with Gasteiger partial charge in [0, 0.05) is 25.7 Å². The van der Waals surface area contributed by atoms with Crippen LogP contribution < -0.4 is 5.32 Å². The molecule has 1 unspecified atom stereocenters.